The smallest absolute Gasteiger partial charge is 0.222 e. The van der Waals surface area contributed by atoms with Gasteiger partial charge < -0.3 is 10.5 Å². The third-order valence-electron chi connectivity index (χ3n) is 1.87. The first kappa shape index (κ1) is 9.02. The highest BCUT2D eigenvalue weighted by atomic mass is 35.5. The molecule has 2 aromatic rings. The van der Waals surface area contributed by atoms with Crippen LogP contribution in [0, 0.1) is 0 Å². The van der Waals surface area contributed by atoms with Gasteiger partial charge in [-0.1, -0.05) is 11.6 Å². The molecule has 0 unspecified atom stereocenters. The van der Waals surface area contributed by atoms with Crippen molar-refractivity contribution in [1.29, 1.82) is 0 Å². The molecule has 1 heterocycles. The third-order valence-corrected chi connectivity index (χ3v) is 2.16. The van der Waals surface area contributed by atoms with Crippen LogP contribution in [-0.2, 0) is 0 Å². The number of hydrogen-bond donors (Lipinski definition) is 1. The van der Waals surface area contributed by atoms with E-state index in [9.17, 15) is 0 Å². The van der Waals surface area contributed by atoms with Crippen molar-refractivity contribution in [3.05, 3.63) is 23.4 Å². The number of anilines is 1. The fourth-order valence-corrected chi connectivity index (χ4v) is 1.45. The fourth-order valence-electron chi connectivity index (χ4n) is 1.21. The summed E-state index contributed by atoms with van der Waals surface area (Å²) in [6.07, 6.45) is 0. The monoisotopic (exact) mass is 209 g/mol. The number of benzene rings is 1. The van der Waals surface area contributed by atoms with Gasteiger partial charge in [0.2, 0.25) is 5.95 Å². The van der Waals surface area contributed by atoms with Gasteiger partial charge in [-0.2, -0.15) is 0 Å². The molecular weight excluding hydrogens is 202 g/mol. The number of nitrogen functional groups attached to an aromatic ring is 1. The van der Waals surface area contributed by atoms with E-state index in [2.05, 4.69) is 9.97 Å². The second-order valence-electron chi connectivity index (χ2n) is 2.76. The van der Waals surface area contributed by atoms with Crippen LogP contribution in [0.2, 0.25) is 5.15 Å². The number of halogens is 1. The Kier molecular flexibility index (Phi) is 2.13. The molecule has 2 N–H and O–H groups in total. The first-order valence-electron chi connectivity index (χ1n) is 3.97. The van der Waals surface area contributed by atoms with Gasteiger partial charge in [0.15, 0.2) is 0 Å². The summed E-state index contributed by atoms with van der Waals surface area (Å²) in [5.74, 6) is 0.889. The lowest BCUT2D eigenvalue weighted by molar-refractivity contribution is 0.415. The molecule has 5 heteroatoms. The Bertz CT molecular complexity index is 487. The highest BCUT2D eigenvalue weighted by Crippen LogP contribution is 2.25. The van der Waals surface area contributed by atoms with Crippen LogP contribution in [0.5, 0.6) is 5.75 Å². The number of methoxy groups -OCH3 is 1. The van der Waals surface area contributed by atoms with Crippen LogP contribution < -0.4 is 10.5 Å². The Morgan fingerprint density at radius 1 is 1.36 bits per heavy atom. The van der Waals surface area contributed by atoms with Gasteiger partial charge in [-0.25, -0.2) is 9.97 Å². The molecule has 2 rings (SSSR count). The Morgan fingerprint density at radius 2 is 2.14 bits per heavy atom. The number of aromatic nitrogens is 2. The van der Waals surface area contributed by atoms with Crippen molar-refractivity contribution < 1.29 is 4.74 Å². The minimum atomic E-state index is 0.174. The molecule has 0 radical (unpaired) electrons. The molecule has 14 heavy (non-hydrogen) atoms. The topological polar surface area (TPSA) is 61.0 Å². The largest absolute Gasteiger partial charge is 0.497 e. The molecule has 0 aliphatic rings. The van der Waals surface area contributed by atoms with E-state index in [1.807, 2.05) is 0 Å². The van der Waals surface area contributed by atoms with E-state index in [-0.39, 0.29) is 5.95 Å². The number of nitrogens with zero attached hydrogens (tertiary/aromatic N) is 2. The summed E-state index contributed by atoms with van der Waals surface area (Å²) in [5, 5.41) is 1.08. The Morgan fingerprint density at radius 3 is 2.86 bits per heavy atom. The fraction of sp³-hybridized carbons (Fsp3) is 0.111. The van der Waals surface area contributed by atoms with Gasteiger partial charge in [-0.15, -0.1) is 0 Å². The van der Waals surface area contributed by atoms with E-state index in [4.69, 9.17) is 22.1 Å². The molecule has 0 atom stereocenters. The normalized spacial score (nSPS) is 10.4. The maximum Gasteiger partial charge on any atom is 0.222 e. The molecule has 0 spiro atoms. The minimum absolute atomic E-state index is 0.174. The zero-order valence-corrected chi connectivity index (χ0v) is 8.25. The van der Waals surface area contributed by atoms with Crippen molar-refractivity contribution in [2.24, 2.45) is 0 Å². The quantitative estimate of drug-likeness (QED) is 0.729. The lowest BCUT2D eigenvalue weighted by Crippen LogP contribution is -1.95. The first-order chi connectivity index (χ1) is 6.70. The highest BCUT2D eigenvalue weighted by Gasteiger charge is 2.04. The number of rotatable bonds is 1. The van der Waals surface area contributed by atoms with Crippen LogP contribution in [-0.4, -0.2) is 17.1 Å². The molecule has 0 amide bonds. The van der Waals surface area contributed by atoms with Crippen LogP contribution in [0.3, 0.4) is 0 Å². The predicted octanol–water partition coefficient (Wildman–Crippen LogP) is 1.87. The van der Waals surface area contributed by atoms with E-state index in [0.29, 0.717) is 16.4 Å². The van der Waals surface area contributed by atoms with Gasteiger partial charge in [-0.3, -0.25) is 0 Å². The Balaban J connectivity index is 2.75. The number of hydrogen-bond acceptors (Lipinski definition) is 4. The van der Waals surface area contributed by atoms with E-state index >= 15 is 0 Å². The van der Waals surface area contributed by atoms with E-state index in [1.165, 1.54) is 0 Å². The van der Waals surface area contributed by atoms with Crippen molar-refractivity contribution in [2.45, 2.75) is 0 Å². The summed E-state index contributed by atoms with van der Waals surface area (Å²) in [6.45, 7) is 0. The highest BCUT2D eigenvalue weighted by molar-refractivity contribution is 6.34. The van der Waals surface area contributed by atoms with E-state index in [0.717, 1.165) is 5.39 Å². The van der Waals surface area contributed by atoms with Gasteiger partial charge >= 0.3 is 0 Å². The average molecular weight is 210 g/mol. The maximum atomic E-state index is 5.90. The molecular formula is C9H8ClN3O. The van der Waals surface area contributed by atoms with E-state index in [1.54, 1.807) is 25.3 Å². The Hall–Kier alpha value is -1.55. The summed E-state index contributed by atoms with van der Waals surface area (Å²) < 4.78 is 5.06. The van der Waals surface area contributed by atoms with Crippen LogP contribution in [0.15, 0.2) is 18.2 Å². The molecule has 0 saturated heterocycles. The summed E-state index contributed by atoms with van der Waals surface area (Å²) >= 11 is 5.90. The van der Waals surface area contributed by atoms with Crippen molar-refractivity contribution in [3.63, 3.8) is 0 Å². The molecule has 1 aromatic heterocycles. The van der Waals surface area contributed by atoms with Crippen LogP contribution >= 0.6 is 11.6 Å². The zero-order chi connectivity index (χ0) is 10.1. The molecule has 4 nitrogen and oxygen atoms in total. The summed E-state index contributed by atoms with van der Waals surface area (Å²) in [4.78, 5) is 7.89. The van der Waals surface area contributed by atoms with Gasteiger partial charge in [0, 0.05) is 5.39 Å². The molecule has 0 aliphatic heterocycles. The SMILES string of the molecule is COc1ccc2nc(N)nc(Cl)c2c1. The predicted molar refractivity (Wildman–Crippen MR) is 55.5 cm³/mol. The maximum absolute atomic E-state index is 5.90. The summed E-state index contributed by atoms with van der Waals surface area (Å²) in [5.41, 5.74) is 6.17. The number of ether oxygens (including phenoxy) is 1. The van der Waals surface area contributed by atoms with E-state index < -0.39 is 0 Å². The number of nitrogens with two attached hydrogens (primary N) is 1. The van der Waals surface area contributed by atoms with Crippen molar-refractivity contribution in [2.75, 3.05) is 12.8 Å². The van der Waals surface area contributed by atoms with Gasteiger partial charge in [0.05, 0.1) is 12.6 Å². The second kappa shape index (κ2) is 3.31. The first-order valence-corrected chi connectivity index (χ1v) is 4.35. The Labute approximate surface area is 85.7 Å². The van der Waals surface area contributed by atoms with Crippen molar-refractivity contribution in [3.8, 4) is 5.75 Å². The third kappa shape index (κ3) is 1.44. The van der Waals surface area contributed by atoms with Crippen LogP contribution in [0.1, 0.15) is 0 Å². The minimum Gasteiger partial charge on any atom is -0.497 e. The zero-order valence-electron chi connectivity index (χ0n) is 7.49. The lowest BCUT2D eigenvalue weighted by atomic mass is 10.2. The molecule has 1 aromatic carbocycles. The molecule has 72 valence electrons. The molecule has 0 aliphatic carbocycles. The van der Waals surface area contributed by atoms with Gasteiger partial charge in [0.1, 0.15) is 10.9 Å². The van der Waals surface area contributed by atoms with Crippen LogP contribution in [0.25, 0.3) is 10.9 Å². The lowest BCUT2D eigenvalue weighted by Gasteiger charge is -2.03. The van der Waals surface area contributed by atoms with Gasteiger partial charge in [0.25, 0.3) is 0 Å². The van der Waals surface area contributed by atoms with Gasteiger partial charge in [-0.05, 0) is 18.2 Å². The second-order valence-corrected chi connectivity index (χ2v) is 3.11. The molecule has 0 saturated carbocycles. The standard InChI is InChI=1S/C9H8ClN3O/c1-14-5-2-3-7-6(4-5)8(10)13-9(11)12-7/h2-4H,1H3,(H2,11,12,13). The average Bonchev–Trinajstić information content (AvgIpc) is 2.17. The van der Waals surface area contributed by atoms with Crippen molar-refractivity contribution >= 4 is 28.5 Å². The summed E-state index contributed by atoms with van der Waals surface area (Å²) in [6, 6.07) is 5.36. The molecule has 0 fully saturated rings. The van der Waals surface area contributed by atoms with Crippen molar-refractivity contribution in [1.82, 2.24) is 9.97 Å². The summed E-state index contributed by atoms with van der Waals surface area (Å²) in [7, 11) is 1.59. The van der Waals surface area contributed by atoms with Crippen LogP contribution in [0.4, 0.5) is 5.95 Å². The number of fused-ring (bicyclic) bond motifs is 1. The molecule has 0 bridgehead atoms.